The zero-order valence-corrected chi connectivity index (χ0v) is 31.9. The van der Waals surface area contributed by atoms with Gasteiger partial charge in [-0.05, 0) is 86.9 Å². The van der Waals surface area contributed by atoms with Crippen LogP contribution in [0.4, 0.5) is 0 Å². The van der Waals surface area contributed by atoms with Crippen molar-refractivity contribution in [2.75, 3.05) is 0 Å². The molecular formula is C51H28N4S2. The third-order valence-electron chi connectivity index (χ3n) is 11.6. The smallest absolute Gasteiger partial charge is 0.238 e. The molecule has 57 heavy (non-hydrogen) atoms. The van der Waals surface area contributed by atoms with Gasteiger partial charge in [0.1, 0.15) is 0 Å². The molecular weight excluding hydrogens is 733 g/mol. The van der Waals surface area contributed by atoms with E-state index in [0.717, 1.165) is 22.2 Å². The molecule has 4 nitrogen and oxygen atoms in total. The monoisotopic (exact) mass is 760 g/mol. The van der Waals surface area contributed by atoms with Gasteiger partial charge in [0.15, 0.2) is 11.6 Å². The summed E-state index contributed by atoms with van der Waals surface area (Å²) in [5, 5.41) is 15.0. The molecule has 0 aliphatic heterocycles. The maximum Gasteiger partial charge on any atom is 0.238 e. The minimum Gasteiger partial charge on any atom is -0.278 e. The van der Waals surface area contributed by atoms with Crippen LogP contribution in [0.3, 0.4) is 0 Å². The Labute approximate surface area is 333 Å². The molecule has 0 atom stereocenters. The lowest BCUT2D eigenvalue weighted by molar-refractivity contribution is 0.954. The topological polar surface area (TPSA) is 43.6 Å². The highest BCUT2D eigenvalue weighted by atomic mass is 32.1. The molecule has 0 saturated carbocycles. The summed E-state index contributed by atoms with van der Waals surface area (Å²) in [6.07, 6.45) is 0. The van der Waals surface area contributed by atoms with Gasteiger partial charge in [-0.25, -0.2) is 4.98 Å². The summed E-state index contributed by atoms with van der Waals surface area (Å²) in [6, 6.07) is 61.3. The molecule has 0 amide bonds. The summed E-state index contributed by atoms with van der Waals surface area (Å²) in [4.78, 5) is 15.8. The Morgan fingerprint density at radius 1 is 0.298 bits per heavy atom. The first-order valence-corrected chi connectivity index (χ1v) is 20.7. The molecule has 0 aliphatic rings. The number of rotatable bonds is 3. The van der Waals surface area contributed by atoms with Crippen molar-refractivity contribution in [2.24, 2.45) is 0 Å². The molecule has 0 unspecified atom stereocenters. The van der Waals surface area contributed by atoms with Crippen LogP contribution in [0, 0.1) is 0 Å². The highest BCUT2D eigenvalue weighted by Crippen LogP contribution is 2.43. The molecule has 0 fully saturated rings. The van der Waals surface area contributed by atoms with Gasteiger partial charge in [0.2, 0.25) is 5.95 Å². The Morgan fingerprint density at radius 2 is 0.754 bits per heavy atom. The Hall–Kier alpha value is -6.99. The average molecular weight is 761 g/mol. The number of para-hydroxylation sites is 2. The van der Waals surface area contributed by atoms with Gasteiger partial charge in [0.05, 0.1) is 11.0 Å². The fraction of sp³-hybridized carbons (Fsp3) is 0. The van der Waals surface area contributed by atoms with E-state index in [1.54, 1.807) is 0 Å². The molecule has 0 spiro atoms. The van der Waals surface area contributed by atoms with E-state index in [2.05, 4.69) is 174 Å². The first kappa shape index (κ1) is 31.2. The summed E-state index contributed by atoms with van der Waals surface area (Å²) < 4.78 is 7.20. The molecule has 0 aliphatic carbocycles. The number of hydrogen-bond acceptors (Lipinski definition) is 5. The number of benzene rings is 9. The predicted octanol–water partition coefficient (Wildman–Crippen LogP) is 14.5. The van der Waals surface area contributed by atoms with E-state index in [9.17, 15) is 0 Å². The van der Waals surface area contributed by atoms with E-state index in [1.807, 2.05) is 22.7 Å². The lowest BCUT2D eigenvalue weighted by Crippen LogP contribution is -2.06. The summed E-state index contributed by atoms with van der Waals surface area (Å²) in [5.41, 5.74) is 4.05. The van der Waals surface area contributed by atoms with Crippen LogP contribution in [0.15, 0.2) is 170 Å². The van der Waals surface area contributed by atoms with Crippen molar-refractivity contribution >= 4 is 117 Å². The van der Waals surface area contributed by atoms with Gasteiger partial charge in [-0.2, -0.15) is 9.97 Å². The van der Waals surface area contributed by atoms with Crippen molar-refractivity contribution in [3.8, 4) is 28.7 Å². The highest BCUT2D eigenvalue weighted by Gasteiger charge is 2.19. The van der Waals surface area contributed by atoms with Crippen LogP contribution in [-0.2, 0) is 0 Å². The lowest BCUT2D eigenvalue weighted by Gasteiger charge is -2.11. The predicted molar refractivity (Wildman–Crippen MR) is 243 cm³/mol. The molecule has 0 N–H and O–H groups in total. The third kappa shape index (κ3) is 4.57. The van der Waals surface area contributed by atoms with E-state index in [-0.39, 0.29) is 0 Å². The number of nitrogens with zero attached hydrogens (tertiary/aromatic N) is 4. The van der Waals surface area contributed by atoms with Crippen molar-refractivity contribution in [1.82, 2.24) is 19.5 Å². The minimum atomic E-state index is 0.601. The van der Waals surface area contributed by atoms with Crippen molar-refractivity contribution < 1.29 is 0 Å². The van der Waals surface area contributed by atoms with Crippen molar-refractivity contribution in [2.45, 2.75) is 0 Å². The quantitative estimate of drug-likeness (QED) is 0.168. The van der Waals surface area contributed by atoms with Crippen molar-refractivity contribution in [1.29, 1.82) is 0 Å². The van der Waals surface area contributed by atoms with Crippen molar-refractivity contribution in [3.05, 3.63) is 170 Å². The Balaban J connectivity index is 1.05. The number of aromatic nitrogens is 4. The summed E-state index contributed by atoms with van der Waals surface area (Å²) in [7, 11) is 0. The van der Waals surface area contributed by atoms with Crippen LogP contribution >= 0.6 is 22.7 Å². The lowest BCUT2D eigenvalue weighted by atomic mass is 9.93. The second-order valence-electron chi connectivity index (χ2n) is 14.8. The molecule has 264 valence electrons. The summed E-state index contributed by atoms with van der Waals surface area (Å²) in [5.74, 6) is 1.90. The molecule has 6 heteroatoms. The van der Waals surface area contributed by atoms with Gasteiger partial charge in [-0.15, -0.1) is 22.7 Å². The van der Waals surface area contributed by atoms with Crippen LogP contribution in [0.5, 0.6) is 0 Å². The number of hydrogen-bond donors (Lipinski definition) is 0. The molecule has 0 saturated heterocycles. The second-order valence-corrected chi connectivity index (χ2v) is 16.9. The SMILES string of the molecule is c1ccc2c(c1)sc1ccc(-c3nc(-c4ccc5c(c4)sc4cc6c7ccccc7c7ccccc7c6cc45)nc(-n4c5ccccc5c5ccccc54)n3)cc12. The fourth-order valence-electron chi connectivity index (χ4n) is 9.04. The van der Waals surface area contributed by atoms with E-state index in [1.165, 1.54) is 83.4 Å². The third-order valence-corrected chi connectivity index (χ3v) is 13.9. The molecule has 13 aromatic rings. The Kier molecular flexibility index (Phi) is 6.45. The van der Waals surface area contributed by atoms with E-state index in [4.69, 9.17) is 15.0 Å². The zero-order chi connectivity index (χ0) is 37.2. The van der Waals surface area contributed by atoms with Crippen LogP contribution in [-0.4, -0.2) is 19.5 Å². The molecule has 13 rings (SSSR count). The summed E-state index contributed by atoms with van der Waals surface area (Å²) in [6.45, 7) is 0. The highest BCUT2D eigenvalue weighted by molar-refractivity contribution is 7.26. The van der Waals surface area contributed by atoms with Crippen LogP contribution in [0.2, 0.25) is 0 Å². The fourth-order valence-corrected chi connectivity index (χ4v) is 11.3. The maximum absolute atomic E-state index is 5.30. The van der Waals surface area contributed by atoms with E-state index in [0.29, 0.717) is 17.6 Å². The molecule has 4 aromatic heterocycles. The first-order valence-electron chi connectivity index (χ1n) is 19.1. The van der Waals surface area contributed by atoms with Gasteiger partial charge in [0, 0.05) is 62.2 Å². The Bertz CT molecular complexity index is 3780. The number of thiophene rings is 2. The van der Waals surface area contributed by atoms with E-state index >= 15 is 0 Å². The van der Waals surface area contributed by atoms with Crippen molar-refractivity contribution in [3.63, 3.8) is 0 Å². The Morgan fingerprint density at radius 3 is 1.44 bits per heavy atom. The van der Waals surface area contributed by atoms with Gasteiger partial charge in [0.25, 0.3) is 0 Å². The normalized spacial score (nSPS) is 12.2. The van der Waals surface area contributed by atoms with Crippen LogP contribution in [0.25, 0.3) is 123 Å². The van der Waals surface area contributed by atoms with Gasteiger partial charge >= 0.3 is 0 Å². The maximum atomic E-state index is 5.30. The largest absolute Gasteiger partial charge is 0.278 e. The van der Waals surface area contributed by atoms with E-state index < -0.39 is 0 Å². The first-order chi connectivity index (χ1) is 28.2. The van der Waals surface area contributed by atoms with Gasteiger partial charge < -0.3 is 0 Å². The van der Waals surface area contributed by atoms with Gasteiger partial charge in [-0.3, -0.25) is 4.57 Å². The second kappa shape index (κ2) is 11.8. The van der Waals surface area contributed by atoms with Gasteiger partial charge in [-0.1, -0.05) is 115 Å². The minimum absolute atomic E-state index is 0.601. The summed E-state index contributed by atoms with van der Waals surface area (Å²) >= 11 is 3.65. The standard InChI is InChI=1S/C51H28N4S2/c1-3-13-33-31(11-1)32-12-2-4-14-34(32)40-28-48-42(27-39(33)40)38-23-21-30(26-47(38)57-48)50-52-49(29-22-24-46-41(25-29)37-17-7-10-20-45(37)56-46)53-51(54-50)55-43-18-8-5-15-35(43)36-16-6-9-19-44(36)55/h1-28H. The number of fused-ring (bicyclic) bond motifs is 15. The van der Waals surface area contributed by atoms with Crippen LogP contribution < -0.4 is 0 Å². The molecule has 4 heterocycles. The average Bonchev–Trinajstić information content (AvgIpc) is 3.94. The molecule has 0 bridgehead atoms. The van der Waals surface area contributed by atoms with Crippen LogP contribution in [0.1, 0.15) is 0 Å². The zero-order valence-electron chi connectivity index (χ0n) is 30.3. The molecule has 9 aromatic carbocycles. The molecule has 0 radical (unpaired) electrons.